The number of fused-ring (bicyclic) bond motifs is 6. The van der Waals surface area contributed by atoms with Crippen LogP contribution in [-0.4, -0.2) is 5.01 Å². The van der Waals surface area contributed by atoms with E-state index in [-0.39, 0.29) is 11.5 Å². The van der Waals surface area contributed by atoms with Crippen molar-refractivity contribution in [3.8, 4) is 33.4 Å². The second kappa shape index (κ2) is 15.7. The number of benzene rings is 9. The van der Waals surface area contributed by atoms with Crippen LogP contribution in [0.2, 0.25) is 0 Å². The van der Waals surface area contributed by atoms with Gasteiger partial charge in [-0.25, -0.2) is 5.43 Å². The Labute approximate surface area is 381 Å². The van der Waals surface area contributed by atoms with Crippen LogP contribution >= 0.6 is 0 Å². The summed E-state index contributed by atoms with van der Waals surface area (Å²) in [6, 6.07) is 84.1. The molecule has 1 unspecified atom stereocenters. The first kappa shape index (κ1) is 38.7. The number of rotatable bonds is 8. The summed E-state index contributed by atoms with van der Waals surface area (Å²) in [6.07, 6.45) is 2.42. The maximum absolute atomic E-state index is 4.04. The van der Waals surface area contributed by atoms with E-state index in [2.05, 4.69) is 266 Å². The fourth-order valence-electron chi connectivity index (χ4n) is 10.6. The molecule has 1 N–H and O–H groups in total. The molecule has 0 aromatic heterocycles. The number of hydrazine groups is 1. The number of nitrogens with one attached hydrogen (secondary N) is 1. The SMILES string of the molecule is CC1(C)c2ccccc2-c2c(N(c3cc(-c4ccccc4)cc(-c4ccccc4)c3)c3cccc4c3C=C(c3ccccc3)N3NC(c5ccccc5)C(c5ccccc5)=C43)cccc21. The summed E-state index contributed by atoms with van der Waals surface area (Å²) in [5.74, 6) is 0. The van der Waals surface area contributed by atoms with Crippen LogP contribution in [0.15, 0.2) is 231 Å². The lowest BCUT2D eigenvalue weighted by molar-refractivity contribution is 0.405. The van der Waals surface area contributed by atoms with E-state index in [0.717, 1.165) is 50.7 Å². The zero-order chi connectivity index (χ0) is 43.5. The average molecular weight is 834 g/mol. The second-order valence-corrected chi connectivity index (χ2v) is 17.8. The van der Waals surface area contributed by atoms with E-state index in [1.54, 1.807) is 0 Å². The molecule has 0 saturated heterocycles. The third kappa shape index (κ3) is 6.46. The monoisotopic (exact) mass is 833 g/mol. The normalized spacial score (nSPS) is 15.4. The van der Waals surface area contributed by atoms with Gasteiger partial charge in [-0.05, 0) is 92.0 Å². The molecule has 310 valence electrons. The van der Waals surface area contributed by atoms with Crippen LogP contribution in [0.5, 0.6) is 0 Å². The number of nitrogens with zero attached hydrogens (tertiary/aromatic N) is 2. The van der Waals surface area contributed by atoms with Crippen molar-refractivity contribution >= 4 is 40.1 Å². The minimum absolute atomic E-state index is 0.0847. The summed E-state index contributed by atoms with van der Waals surface area (Å²) in [4.78, 5) is 2.56. The summed E-state index contributed by atoms with van der Waals surface area (Å²) in [7, 11) is 0. The molecular weight excluding hydrogens is 787 g/mol. The minimum Gasteiger partial charge on any atom is -0.309 e. The maximum Gasteiger partial charge on any atom is 0.0793 e. The first-order chi connectivity index (χ1) is 32.0. The summed E-state index contributed by atoms with van der Waals surface area (Å²) in [5.41, 5.74) is 26.5. The molecule has 3 nitrogen and oxygen atoms in total. The van der Waals surface area contributed by atoms with Gasteiger partial charge in [0.25, 0.3) is 0 Å². The Balaban J connectivity index is 1.19. The van der Waals surface area contributed by atoms with Crippen molar-refractivity contribution in [2.75, 3.05) is 4.90 Å². The van der Waals surface area contributed by atoms with Crippen molar-refractivity contribution in [2.45, 2.75) is 25.3 Å². The lowest BCUT2D eigenvalue weighted by Crippen LogP contribution is -2.33. The molecule has 9 aromatic carbocycles. The molecule has 2 aliphatic heterocycles. The van der Waals surface area contributed by atoms with Gasteiger partial charge in [0.2, 0.25) is 0 Å². The Morgan fingerprint density at radius 2 is 0.954 bits per heavy atom. The molecule has 0 fully saturated rings. The number of hydrogen-bond acceptors (Lipinski definition) is 3. The molecule has 2 heterocycles. The van der Waals surface area contributed by atoms with Crippen molar-refractivity contribution in [3.63, 3.8) is 0 Å². The number of anilines is 3. The zero-order valence-electron chi connectivity index (χ0n) is 36.5. The lowest BCUT2D eigenvalue weighted by Gasteiger charge is -2.35. The smallest absolute Gasteiger partial charge is 0.0793 e. The molecule has 0 bridgehead atoms. The zero-order valence-corrected chi connectivity index (χ0v) is 36.5. The van der Waals surface area contributed by atoms with E-state index >= 15 is 0 Å². The Bertz CT molecular complexity index is 3240. The van der Waals surface area contributed by atoms with Gasteiger partial charge in [-0.1, -0.05) is 214 Å². The topological polar surface area (TPSA) is 18.5 Å². The van der Waals surface area contributed by atoms with E-state index in [4.69, 9.17) is 0 Å². The molecule has 12 rings (SSSR count). The van der Waals surface area contributed by atoms with E-state index in [0.29, 0.717) is 0 Å². The van der Waals surface area contributed by atoms with Crippen LogP contribution in [0.1, 0.15) is 58.8 Å². The fourth-order valence-corrected chi connectivity index (χ4v) is 10.6. The highest BCUT2D eigenvalue weighted by atomic mass is 15.6. The van der Waals surface area contributed by atoms with Crippen LogP contribution in [0.4, 0.5) is 17.1 Å². The number of hydrogen-bond donors (Lipinski definition) is 1. The van der Waals surface area contributed by atoms with Crippen LogP contribution in [0.3, 0.4) is 0 Å². The molecule has 0 spiro atoms. The van der Waals surface area contributed by atoms with Crippen molar-refractivity contribution in [1.82, 2.24) is 10.4 Å². The van der Waals surface area contributed by atoms with Gasteiger partial charge in [-0.3, -0.25) is 5.01 Å². The Morgan fingerprint density at radius 1 is 0.446 bits per heavy atom. The van der Waals surface area contributed by atoms with Gasteiger partial charge in [0.05, 0.1) is 28.8 Å². The van der Waals surface area contributed by atoms with Crippen molar-refractivity contribution in [3.05, 3.63) is 269 Å². The Morgan fingerprint density at radius 3 is 1.60 bits per heavy atom. The van der Waals surface area contributed by atoms with Gasteiger partial charge in [-0.2, -0.15) is 0 Å². The average Bonchev–Trinajstić information content (AvgIpc) is 3.89. The molecule has 9 aromatic rings. The summed E-state index contributed by atoms with van der Waals surface area (Å²) in [6.45, 7) is 4.74. The van der Waals surface area contributed by atoms with Crippen molar-refractivity contribution in [2.24, 2.45) is 0 Å². The fraction of sp³-hybridized carbons (Fsp3) is 0.0645. The summed E-state index contributed by atoms with van der Waals surface area (Å²) < 4.78 is 0. The molecule has 65 heavy (non-hydrogen) atoms. The standard InChI is InChI=1S/C62H47N3/c1-62(2)53-34-19-18-32-51(53)59-54(62)35-21-37-56(59)64(49-39-47(42-22-8-3-9-23-42)38-48(40-49)43-24-10-4-11-25-43)55-36-20-33-50-52(55)41-57(44-26-12-5-13-27-44)65-61(50)58(45-28-14-6-15-29-45)60(63-65)46-30-16-7-17-31-46/h3-41,60,63H,1-2H3. The lowest BCUT2D eigenvalue weighted by atomic mass is 9.82. The highest BCUT2D eigenvalue weighted by molar-refractivity contribution is 6.08. The van der Waals surface area contributed by atoms with Gasteiger partial charge in [-0.15, -0.1) is 0 Å². The molecular formula is C62H47N3. The quantitative estimate of drug-likeness (QED) is 0.165. The van der Waals surface area contributed by atoms with E-state index in [9.17, 15) is 0 Å². The summed E-state index contributed by atoms with van der Waals surface area (Å²) >= 11 is 0. The highest BCUT2D eigenvalue weighted by Crippen LogP contribution is 2.57. The maximum atomic E-state index is 4.04. The molecule has 1 atom stereocenters. The molecule has 3 heteroatoms. The molecule has 1 aliphatic carbocycles. The van der Waals surface area contributed by atoms with Crippen LogP contribution in [0, 0.1) is 0 Å². The Kier molecular flexibility index (Phi) is 9.33. The van der Waals surface area contributed by atoms with Crippen LogP contribution in [0.25, 0.3) is 56.4 Å². The van der Waals surface area contributed by atoms with Crippen LogP contribution in [-0.2, 0) is 5.41 Å². The predicted octanol–water partition coefficient (Wildman–Crippen LogP) is 15.7. The first-order valence-corrected chi connectivity index (χ1v) is 22.6. The van der Waals surface area contributed by atoms with Crippen molar-refractivity contribution < 1.29 is 0 Å². The van der Waals surface area contributed by atoms with Crippen molar-refractivity contribution in [1.29, 1.82) is 0 Å². The van der Waals surface area contributed by atoms with Gasteiger partial charge < -0.3 is 4.90 Å². The van der Waals surface area contributed by atoms with Gasteiger partial charge in [0, 0.05) is 33.4 Å². The minimum atomic E-state index is -0.178. The second-order valence-electron chi connectivity index (χ2n) is 17.8. The largest absolute Gasteiger partial charge is 0.309 e. The highest BCUT2D eigenvalue weighted by Gasteiger charge is 2.41. The van der Waals surface area contributed by atoms with E-state index < -0.39 is 0 Å². The van der Waals surface area contributed by atoms with Gasteiger partial charge in [0.15, 0.2) is 0 Å². The van der Waals surface area contributed by atoms with E-state index in [1.807, 2.05) is 0 Å². The third-order valence-electron chi connectivity index (χ3n) is 13.6. The summed E-state index contributed by atoms with van der Waals surface area (Å²) in [5, 5.41) is 2.36. The van der Waals surface area contributed by atoms with Crippen LogP contribution < -0.4 is 10.3 Å². The van der Waals surface area contributed by atoms with Gasteiger partial charge >= 0.3 is 0 Å². The van der Waals surface area contributed by atoms with E-state index in [1.165, 1.54) is 55.6 Å². The molecule has 0 saturated carbocycles. The molecule has 0 radical (unpaired) electrons. The van der Waals surface area contributed by atoms with Gasteiger partial charge in [0.1, 0.15) is 0 Å². The predicted molar refractivity (Wildman–Crippen MR) is 271 cm³/mol. The Hall–Kier alpha value is -7.98. The third-order valence-corrected chi connectivity index (χ3v) is 13.6. The first-order valence-electron chi connectivity index (χ1n) is 22.6. The molecule has 3 aliphatic rings. The molecule has 0 amide bonds.